The molecule has 0 radical (unpaired) electrons. The summed E-state index contributed by atoms with van der Waals surface area (Å²) < 4.78 is 13.0. The summed E-state index contributed by atoms with van der Waals surface area (Å²) in [6, 6.07) is 9.77. The van der Waals surface area contributed by atoms with Gasteiger partial charge >= 0.3 is 0 Å². The van der Waals surface area contributed by atoms with E-state index < -0.39 is 0 Å². The van der Waals surface area contributed by atoms with Gasteiger partial charge in [-0.2, -0.15) is 0 Å². The summed E-state index contributed by atoms with van der Waals surface area (Å²) in [4.78, 5) is 7.77. The molecule has 3 rings (SSSR count). The Morgan fingerprint density at radius 2 is 2.04 bits per heavy atom. The molecule has 0 spiro atoms. The lowest BCUT2D eigenvalue weighted by molar-refractivity contribution is 0.196. The van der Waals surface area contributed by atoms with Crippen LogP contribution >= 0.6 is 23.6 Å². The van der Waals surface area contributed by atoms with Crippen LogP contribution in [0.2, 0.25) is 0 Å². The van der Waals surface area contributed by atoms with Crippen molar-refractivity contribution in [3.05, 3.63) is 45.9 Å². The quantitative estimate of drug-likeness (QED) is 0.583. The molecule has 1 aromatic carbocycles. The summed E-state index contributed by atoms with van der Waals surface area (Å²) in [6.07, 6.45) is 0. The van der Waals surface area contributed by atoms with E-state index in [1.165, 1.54) is 0 Å². The Bertz CT molecular complexity index is 886. The molecule has 3 aromatic rings. The summed E-state index contributed by atoms with van der Waals surface area (Å²) >= 11 is 6.85. The fraction of sp³-hybridized carbons (Fsp3) is 0.353. The van der Waals surface area contributed by atoms with Crippen LogP contribution in [0.3, 0.4) is 0 Å². The van der Waals surface area contributed by atoms with Crippen LogP contribution in [0.25, 0.3) is 10.8 Å². The lowest BCUT2D eigenvalue weighted by Crippen LogP contribution is -2.27. The molecule has 25 heavy (non-hydrogen) atoms. The highest BCUT2D eigenvalue weighted by atomic mass is 32.1. The fourth-order valence-electron chi connectivity index (χ4n) is 2.35. The predicted molar refractivity (Wildman–Crippen MR) is 100 cm³/mol. The molecule has 132 valence electrons. The molecule has 2 aromatic heterocycles. The number of benzene rings is 1. The minimum atomic E-state index is 0.358. The van der Waals surface area contributed by atoms with Crippen LogP contribution in [0.5, 0.6) is 5.75 Å². The molecule has 0 saturated carbocycles. The normalized spacial score (nSPS) is 11.2. The Morgan fingerprint density at radius 3 is 2.72 bits per heavy atom. The first-order chi connectivity index (χ1) is 12.0. The van der Waals surface area contributed by atoms with Gasteiger partial charge in [-0.25, -0.2) is 9.67 Å². The van der Waals surface area contributed by atoms with E-state index in [-0.39, 0.29) is 0 Å². The van der Waals surface area contributed by atoms with Crippen molar-refractivity contribution in [1.82, 2.24) is 19.7 Å². The molecule has 0 bridgehead atoms. The van der Waals surface area contributed by atoms with Gasteiger partial charge in [0, 0.05) is 6.54 Å². The zero-order chi connectivity index (χ0) is 17.8. The molecular formula is C17H20N4O2S2. The first-order valence-electron chi connectivity index (χ1n) is 7.91. The van der Waals surface area contributed by atoms with Crippen LogP contribution in [-0.2, 0) is 6.67 Å². The van der Waals surface area contributed by atoms with Crippen molar-refractivity contribution >= 4 is 23.6 Å². The van der Waals surface area contributed by atoms with Crippen LogP contribution in [0.15, 0.2) is 34.7 Å². The van der Waals surface area contributed by atoms with Crippen LogP contribution in [0.1, 0.15) is 10.7 Å². The number of likely N-dealkylation sites (N-methyl/N-ethyl adjacent to an activating group) is 1. The summed E-state index contributed by atoms with van der Waals surface area (Å²) in [5.74, 6) is 1.40. The maximum Gasteiger partial charge on any atom is 0.288 e. The van der Waals surface area contributed by atoms with Gasteiger partial charge in [-0.1, -0.05) is 18.2 Å². The average molecular weight is 377 g/mol. The monoisotopic (exact) mass is 376 g/mol. The molecule has 2 heterocycles. The number of rotatable bonds is 7. The van der Waals surface area contributed by atoms with E-state index in [2.05, 4.69) is 15.0 Å². The van der Waals surface area contributed by atoms with Gasteiger partial charge in [0.25, 0.3) is 10.7 Å². The highest BCUT2D eigenvalue weighted by Crippen LogP contribution is 2.28. The smallest absolute Gasteiger partial charge is 0.288 e. The van der Waals surface area contributed by atoms with Crippen molar-refractivity contribution in [3.63, 3.8) is 0 Å². The Morgan fingerprint density at radius 1 is 1.28 bits per heavy atom. The molecule has 0 N–H and O–H groups in total. The van der Waals surface area contributed by atoms with Crippen molar-refractivity contribution in [2.75, 3.05) is 20.2 Å². The van der Waals surface area contributed by atoms with Crippen LogP contribution < -0.4 is 4.74 Å². The van der Waals surface area contributed by atoms with E-state index in [9.17, 15) is 0 Å². The number of ether oxygens (including phenoxy) is 1. The van der Waals surface area contributed by atoms with E-state index >= 15 is 0 Å². The number of hydrogen-bond donors (Lipinski definition) is 0. The zero-order valence-corrected chi connectivity index (χ0v) is 16.1. The molecule has 0 aliphatic rings. The second-order valence-corrected chi connectivity index (χ2v) is 7.26. The number of nitrogens with zero attached hydrogens (tertiary/aromatic N) is 4. The topological polar surface area (TPSA) is 56.3 Å². The third-order valence-electron chi connectivity index (χ3n) is 3.56. The molecule has 0 amide bonds. The summed E-state index contributed by atoms with van der Waals surface area (Å²) in [5, 5.41) is 5.48. The van der Waals surface area contributed by atoms with Crippen molar-refractivity contribution in [2.24, 2.45) is 0 Å². The molecular weight excluding hydrogens is 356 g/mol. The van der Waals surface area contributed by atoms with E-state index in [1.54, 1.807) is 16.0 Å². The van der Waals surface area contributed by atoms with Crippen molar-refractivity contribution in [2.45, 2.75) is 20.5 Å². The molecule has 0 aliphatic carbocycles. The van der Waals surface area contributed by atoms with Crippen LogP contribution in [0, 0.1) is 18.7 Å². The number of aromatic nitrogens is 3. The Hall–Kier alpha value is -2.03. The van der Waals surface area contributed by atoms with Crippen molar-refractivity contribution in [3.8, 4) is 16.5 Å². The van der Waals surface area contributed by atoms with Gasteiger partial charge in [0.1, 0.15) is 17.2 Å². The maximum absolute atomic E-state index is 5.71. The van der Waals surface area contributed by atoms with E-state index in [1.807, 2.05) is 51.2 Å². The average Bonchev–Trinajstić information content (AvgIpc) is 3.10. The fourth-order valence-corrected chi connectivity index (χ4v) is 3.37. The summed E-state index contributed by atoms with van der Waals surface area (Å²) in [5.41, 5.74) is 0.913. The van der Waals surface area contributed by atoms with Gasteiger partial charge in [-0.3, -0.25) is 4.90 Å². The summed E-state index contributed by atoms with van der Waals surface area (Å²) in [7, 11) is 1.99. The lowest BCUT2D eigenvalue weighted by atomic mass is 10.3. The van der Waals surface area contributed by atoms with Gasteiger partial charge in [0.05, 0.1) is 17.4 Å². The van der Waals surface area contributed by atoms with Gasteiger partial charge in [0.2, 0.25) is 0 Å². The molecule has 0 unspecified atom stereocenters. The van der Waals surface area contributed by atoms with Crippen LogP contribution in [-0.4, -0.2) is 39.9 Å². The summed E-state index contributed by atoms with van der Waals surface area (Å²) in [6.45, 7) is 5.79. The molecule has 0 atom stereocenters. The molecule has 8 heteroatoms. The number of thiazole rings is 1. The van der Waals surface area contributed by atoms with Crippen molar-refractivity contribution in [1.29, 1.82) is 0 Å². The molecule has 0 aliphatic heterocycles. The second-order valence-electron chi connectivity index (χ2n) is 5.70. The van der Waals surface area contributed by atoms with E-state index in [0.717, 1.165) is 27.9 Å². The first kappa shape index (κ1) is 17.8. The SMILES string of the molecule is Cc1nc(C)c(-c2nn(CN(C)CCOc3ccccc3)c(=S)o2)s1. The zero-order valence-electron chi connectivity index (χ0n) is 14.4. The lowest BCUT2D eigenvalue weighted by Gasteiger charge is -2.16. The first-order valence-corrected chi connectivity index (χ1v) is 9.14. The minimum absolute atomic E-state index is 0.358. The van der Waals surface area contributed by atoms with Crippen LogP contribution in [0.4, 0.5) is 0 Å². The predicted octanol–water partition coefficient (Wildman–Crippen LogP) is 3.91. The highest BCUT2D eigenvalue weighted by molar-refractivity contribution is 7.71. The Kier molecular flexibility index (Phi) is 5.62. The third kappa shape index (κ3) is 4.53. The van der Waals surface area contributed by atoms with Gasteiger partial charge in [-0.05, 0) is 45.2 Å². The molecule has 6 nitrogen and oxygen atoms in total. The second kappa shape index (κ2) is 7.90. The highest BCUT2D eigenvalue weighted by Gasteiger charge is 2.15. The van der Waals surface area contributed by atoms with Gasteiger partial charge in [-0.15, -0.1) is 16.4 Å². The number of hydrogen-bond acceptors (Lipinski definition) is 7. The largest absolute Gasteiger partial charge is 0.492 e. The van der Waals surface area contributed by atoms with E-state index in [0.29, 0.717) is 24.0 Å². The third-order valence-corrected chi connectivity index (χ3v) is 4.92. The molecule has 0 saturated heterocycles. The van der Waals surface area contributed by atoms with Gasteiger partial charge < -0.3 is 9.15 Å². The molecule has 0 fully saturated rings. The van der Waals surface area contributed by atoms with E-state index in [4.69, 9.17) is 21.4 Å². The standard InChI is InChI=1S/C17H20N4O2S2/c1-12-15(25-13(2)18-12)16-19-21(17(24)23-16)11-20(3)9-10-22-14-7-5-4-6-8-14/h4-8H,9-11H2,1-3H3. The minimum Gasteiger partial charge on any atom is -0.492 e. The maximum atomic E-state index is 5.71. The Labute approximate surface area is 155 Å². The Balaban J connectivity index is 1.59. The van der Waals surface area contributed by atoms with Crippen molar-refractivity contribution < 1.29 is 9.15 Å². The van der Waals surface area contributed by atoms with Gasteiger partial charge in [0.15, 0.2) is 0 Å². The number of para-hydroxylation sites is 1. The number of aryl methyl sites for hydroxylation is 2.